The van der Waals surface area contributed by atoms with E-state index in [4.69, 9.17) is 9.47 Å². The molecule has 1 aromatic carbocycles. The third-order valence-corrected chi connectivity index (χ3v) is 2.05. The summed E-state index contributed by atoms with van der Waals surface area (Å²) in [6.07, 6.45) is 2.19. The lowest BCUT2D eigenvalue weighted by atomic mass is 10.1. The van der Waals surface area contributed by atoms with Crippen molar-refractivity contribution in [1.29, 1.82) is 0 Å². The van der Waals surface area contributed by atoms with E-state index < -0.39 is 0 Å². The molecule has 1 aliphatic heterocycles. The highest BCUT2D eigenvalue weighted by Gasteiger charge is 2.27. The summed E-state index contributed by atoms with van der Waals surface area (Å²) in [5.41, 5.74) is 1.25. The highest BCUT2D eigenvalue weighted by atomic mass is 16.6. The van der Waals surface area contributed by atoms with Crippen molar-refractivity contribution < 1.29 is 9.47 Å². The summed E-state index contributed by atoms with van der Waals surface area (Å²) in [7, 11) is 1.69. The van der Waals surface area contributed by atoms with Gasteiger partial charge in [0.05, 0.1) is 7.11 Å². The van der Waals surface area contributed by atoms with E-state index in [1.807, 2.05) is 6.07 Å². The third kappa shape index (κ3) is 1.04. The molecule has 64 valence electrons. The number of hydrogen-bond donors (Lipinski definition) is 0. The number of fused-ring (bicyclic) bond motifs is 1. The SMILES string of the molecule is CCCc1ccc2c(c1OC)O2. The zero-order valence-electron chi connectivity index (χ0n) is 7.39. The lowest BCUT2D eigenvalue weighted by Crippen LogP contribution is -1.88. The van der Waals surface area contributed by atoms with Crippen LogP contribution in [0.5, 0.6) is 17.2 Å². The van der Waals surface area contributed by atoms with Crippen molar-refractivity contribution in [2.75, 3.05) is 7.11 Å². The summed E-state index contributed by atoms with van der Waals surface area (Å²) in [6.45, 7) is 2.16. The van der Waals surface area contributed by atoms with Gasteiger partial charge in [-0.2, -0.15) is 0 Å². The molecule has 0 fully saturated rings. The number of benzene rings is 1. The van der Waals surface area contributed by atoms with E-state index in [-0.39, 0.29) is 0 Å². The molecule has 0 aromatic heterocycles. The van der Waals surface area contributed by atoms with Gasteiger partial charge in [0, 0.05) is 0 Å². The highest BCUT2D eigenvalue weighted by molar-refractivity contribution is 5.65. The summed E-state index contributed by atoms with van der Waals surface area (Å²) in [6, 6.07) is 4.08. The molecule has 0 spiro atoms. The fourth-order valence-corrected chi connectivity index (χ4v) is 1.44. The largest absolute Gasteiger partial charge is 0.492 e. The monoisotopic (exact) mass is 164 g/mol. The molecular formula is C10H12O2. The van der Waals surface area contributed by atoms with Crippen molar-refractivity contribution in [3.8, 4) is 17.2 Å². The standard InChI is InChI=1S/C10H12O2/c1-3-4-7-5-6-8-10(12-8)9(7)11-2/h5-6H,3-4H2,1-2H3. The van der Waals surface area contributed by atoms with Gasteiger partial charge in [-0.1, -0.05) is 19.4 Å². The van der Waals surface area contributed by atoms with Crippen LogP contribution in [0, 0.1) is 0 Å². The summed E-state index contributed by atoms with van der Waals surface area (Å²) in [4.78, 5) is 0. The van der Waals surface area contributed by atoms with Gasteiger partial charge in [0.15, 0.2) is 11.5 Å². The van der Waals surface area contributed by atoms with E-state index in [9.17, 15) is 0 Å². The van der Waals surface area contributed by atoms with Gasteiger partial charge in [-0.25, -0.2) is 0 Å². The molecule has 0 unspecified atom stereocenters. The van der Waals surface area contributed by atoms with Crippen LogP contribution in [0.15, 0.2) is 12.1 Å². The molecule has 1 aromatic rings. The zero-order valence-corrected chi connectivity index (χ0v) is 7.39. The molecule has 0 aliphatic carbocycles. The van der Waals surface area contributed by atoms with E-state index >= 15 is 0 Å². The van der Waals surface area contributed by atoms with E-state index in [2.05, 4.69) is 13.0 Å². The molecule has 0 N–H and O–H groups in total. The molecule has 0 atom stereocenters. The Bertz CT molecular complexity index is 305. The Labute approximate surface area is 72.1 Å². The molecule has 2 rings (SSSR count). The number of hydrogen-bond acceptors (Lipinski definition) is 2. The van der Waals surface area contributed by atoms with Crippen LogP contribution in [0.4, 0.5) is 0 Å². The van der Waals surface area contributed by atoms with Crippen LogP contribution in [0.1, 0.15) is 18.9 Å². The molecule has 0 saturated heterocycles. The summed E-state index contributed by atoms with van der Waals surface area (Å²) < 4.78 is 10.5. The molecule has 2 heteroatoms. The smallest absolute Gasteiger partial charge is 0.212 e. The molecule has 1 heterocycles. The summed E-state index contributed by atoms with van der Waals surface area (Å²) >= 11 is 0. The normalized spacial score (nSPS) is 11.8. The van der Waals surface area contributed by atoms with Gasteiger partial charge in [0.1, 0.15) is 0 Å². The minimum atomic E-state index is 0.925. The van der Waals surface area contributed by atoms with Crippen molar-refractivity contribution in [3.63, 3.8) is 0 Å². The van der Waals surface area contributed by atoms with Gasteiger partial charge in [0.25, 0.3) is 0 Å². The Morgan fingerprint density at radius 2 is 2.25 bits per heavy atom. The van der Waals surface area contributed by atoms with E-state index in [0.717, 1.165) is 30.1 Å². The summed E-state index contributed by atoms with van der Waals surface area (Å²) in [5, 5.41) is 0. The average molecular weight is 164 g/mol. The molecule has 12 heavy (non-hydrogen) atoms. The second-order valence-corrected chi connectivity index (χ2v) is 2.94. The van der Waals surface area contributed by atoms with Crippen LogP contribution in [-0.2, 0) is 6.42 Å². The second-order valence-electron chi connectivity index (χ2n) is 2.94. The molecular weight excluding hydrogens is 152 g/mol. The lowest BCUT2D eigenvalue weighted by Gasteiger charge is -2.02. The number of rotatable bonds is 3. The van der Waals surface area contributed by atoms with E-state index in [1.54, 1.807) is 7.11 Å². The van der Waals surface area contributed by atoms with Gasteiger partial charge in [-0.05, 0) is 18.1 Å². The van der Waals surface area contributed by atoms with Crippen LogP contribution in [-0.4, -0.2) is 7.11 Å². The van der Waals surface area contributed by atoms with E-state index in [0.29, 0.717) is 0 Å². The lowest BCUT2D eigenvalue weighted by molar-refractivity contribution is 0.403. The first-order valence-corrected chi connectivity index (χ1v) is 4.24. The first-order chi connectivity index (χ1) is 5.86. The first kappa shape index (κ1) is 7.47. The van der Waals surface area contributed by atoms with Crippen molar-refractivity contribution >= 4 is 0 Å². The maximum atomic E-state index is 5.26. The summed E-state index contributed by atoms with van der Waals surface area (Å²) in [5.74, 6) is 2.82. The fraction of sp³-hybridized carbons (Fsp3) is 0.400. The predicted octanol–water partition coefficient (Wildman–Crippen LogP) is 2.75. The number of aryl methyl sites for hydroxylation is 1. The quantitative estimate of drug-likeness (QED) is 0.650. The van der Waals surface area contributed by atoms with Gasteiger partial charge in [0.2, 0.25) is 5.75 Å². The van der Waals surface area contributed by atoms with Crippen molar-refractivity contribution in [1.82, 2.24) is 0 Å². The third-order valence-electron chi connectivity index (χ3n) is 2.05. The minimum absolute atomic E-state index is 0.925. The predicted molar refractivity (Wildman–Crippen MR) is 47.1 cm³/mol. The Morgan fingerprint density at radius 1 is 1.42 bits per heavy atom. The van der Waals surface area contributed by atoms with Gasteiger partial charge in [-0.3, -0.25) is 0 Å². The van der Waals surface area contributed by atoms with Gasteiger partial charge in [-0.15, -0.1) is 0 Å². The van der Waals surface area contributed by atoms with Crippen LogP contribution in [0.3, 0.4) is 0 Å². The van der Waals surface area contributed by atoms with Crippen LogP contribution in [0.25, 0.3) is 0 Å². The average Bonchev–Trinajstić information content (AvgIpc) is 2.83. The van der Waals surface area contributed by atoms with Gasteiger partial charge < -0.3 is 9.47 Å². The molecule has 0 radical (unpaired) electrons. The molecule has 0 amide bonds. The van der Waals surface area contributed by atoms with Crippen LogP contribution < -0.4 is 9.47 Å². The maximum Gasteiger partial charge on any atom is 0.212 e. The Kier molecular flexibility index (Phi) is 1.68. The zero-order chi connectivity index (χ0) is 8.55. The van der Waals surface area contributed by atoms with Crippen molar-refractivity contribution in [2.45, 2.75) is 19.8 Å². The number of methoxy groups -OCH3 is 1. The van der Waals surface area contributed by atoms with Crippen molar-refractivity contribution in [2.24, 2.45) is 0 Å². The Hall–Kier alpha value is -1.18. The topological polar surface area (TPSA) is 21.8 Å². The minimum Gasteiger partial charge on any atom is -0.492 e. The van der Waals surface area contributed by atoms with Gasteiger partial charge >= 0.3 is 0 Å². The molecule has 2 nitrogen and oxygen atoms in total. The molecule has 0 bridgehead atoms. The maximum absolute atomic E-state index is 5.26. The van der Waals surface area contributed by atoms with E-state index in [1.165, 1.54) is 5.56 Å². The number of ether oxygens (including phenoxy) is 2. The van der Waals surface area contributed by atoms with Crippen LogP contribution in [0.2, 0.25) is 0 Å². The molecule has 1 aliphatic rings. The van der Waals surface area contributed by atoms with Crippen LogP contribution >= 0.6 is 0 Å². The van der Waals surface area contributed by atoms with Crippen molar-refractivity contribution in [3.05, 3.63) is 17.7 Å². The Balaban J connectivity index is 2.35. The first-order valence-electron chi connectivity index (χ1n) is 4.24. The molecule has 0 saturated carbocycles. The fourth-order valence-electron chi connectivity index (χ4n) is 1.44. The Morgan fingerprint density at radius 3 is 2.92 bits per heavy atom. The second kappa shape index (κ2) is 2.70. The highest BCUT2D eigenvalue weighted by Crippen LogP contribution is 2.53.